The molecule has 2 aromatic rings. The lowest BCUT2D eigenvalue weighted by Gasteiger charge is -2.41. The topological polar surface area (TPSA) is 109 Å². The summed E-state index contributed by atoms with van der Waals surface area (Å²) >= 11 is 0. The predicted molar refractivity (Wildman–Crippen MR) is 110 cm³/mol. The average Bonchev–Trinajstić information content (AvgIpc) is 3.19. The Kier molecular flexibility index (Phi) is 6.05. The van der Waals surface area contributed by atoms with Crippen LogP contribution >= 0.6 is 0 Å². The second-order valence-corrected chi connectivity index (χ2v) is 7.97. The first-order valence-corrected chi connectivity index (χ1v) is 10.3. The summed E-state index contributed by atoms with van der Waals surface area (Å²) in [5, 5.41) is 0. The van der Waals surface area contributed by atoms with Gasteiger partial charge in [0.05, 0.1) is 31.0 Å². The summed E-state index contributed by atoms with van der Waals surface area (Å²) in [5.74, 6) is -1.02. The number of ketones is 1. The van der Waals surface area contributed by atoms with E-state index in [1.54, 1.807) is 12.1 Å². The molecule has 0 saturated carbocycles. The average molecular weight is 446 g/mol. The fraction of sp³-hybridized carbons (Fsp3) is 0.455. The van der Waals surface area contributed by atoms with Gasteiger partial charge in [0.2, 0.25) is 12.7 Å². The Hall–Kier alpha value is -3.14. The second kappa shape index (κ2) is 8.78. The van der Waals surface area contributed by atoms with Gasteiger partial charge in [-0.2, -0.15) is 0 Å². The molecule has 1 fully saturated rings. The minimum atomic E-state index is -1.04. The molecule has 0 bridgehead atoms. The summed E-state index contributed by atoms with van der Waals surface area (Å²) in [6.45, 7) is 3.13. The second-order valence-electron chi connectivity index (χ2n) is 7.97. The van der Waals surface area contributed by atoms with Crippen LogP contribution in [0.2, 0.25) is 0 Å². The number of nitrogens with zero attached hydrogens (tertiary/aromatic N) is 3. The molecule has 32 heavy (non-hydrogen) atoms. The van der Waals surface area contributed by atoms with Crippen LogP contribution in [0.5, 0.6) is 5.88 Å². The fourth-order valence-corrected chi connectivity index (χ4v) is 4.53. The smallest absolute Gasteiger partial charge is 0.283 e. The monoisotopic (exact) mass is 446 g/mol. The Morgan fingerprint density at radius 1 is 1.34 bits per heavy atom. The van der Waals surface area contributed by atoms with Crippen molar-refractivity contribution < 1.29 is 27.8 Å². The molecular weight excluding hydrogens is 422 g/mol. The highest BCUT2D eigenvalue weighted by molar-refractivity contribution is 5.95. The van der Waals surface area contributed by atoms with E-state index in [9.17, 15) is 9.18 Å². The number of aromatic nitrogens is 2. The molecule has 1 aromatic heterocycles. The van der Waals surface area contributed by atoms with Crippen LogP contribution in [0.4, 0.5) is 8.78 Å². The van der Waals surface area contributed by atoms with Crippen molar-refractivity contribution >= 4 is 11.8 Å². The molecule has 2 N–H and O–H groups in total. The van der Waals surface area contributed by atoms with Crippen molar-refractivity contribution in [1.82, 2.24) is 9.97 Å². The van der Waals surface area contributed by atoms with Crippen molar-refractivity contribution in [3.05, 3.63) is 53.2 Å². The molecular formula is C22H24F2N4O4. The summed E-state index contributed by atoms with van der Waals surface area (Å²) in [6.07, 6.45) is 2.60. The van der Waals surface area contributed by atoms with Crippen LogP contribution in [0, 0.1) is 11.7 Å². The number of carbonyl (C=O) groups excluding carboxylic acids is 1. The van der Waals surface area contributed by atoms with Crippen LogP contribution in [0.3, 0.4) is 0 Å². The van der Waals surface area contributed by atoms with Crippen LogP contribution < -0.4 is 10.5 Å². The van der Waals surface area contributed by atoms with Gasteiger partial charge in [0, 0.05) is 12.0 Å². The molecule has 170 valence electrons. The molecule has 0 radical (unpaired) electrons. The number of ether oxygens (including phenoxy) is 3. The third-order valence-corrected chi connectivity index (χ3v) is 6.00. The lowest BCUT2D eigenvalue weighted by atomic mass is 9.73. The molecule has 0 unspecified atom stereocenters. The van der Waals surface area contributed by atoms with Gasteiger partial charge in [-0.15, -0.1) is 0 Å². The zero-order chi connectivity index (χ0) is 22.9. The number of halogens is 2. The maximum absolute atomic E-state index is 15.0. The van der Waals surface area contributed by atoms with Gasteiger partial charge in [0.15, 0.2) is 5.78 Å². The Morgan fingerprint density at radius 2 is 2.16 bits per heavy atom. The standard InChI is InChI=1S/C22H24F2N4O4/c1-3-17-20-18(10-30-17)32-21(25)28-22(20,2)13-6-12(4-5-14(13)24)7-16(29)15-8-27-19(9-26-15)31-11-23/h4-6,8-9,17-18,20H,3,7,10-11H2,1-2H3,(H2,25,28)/t17-,18+,20-,22+/m0/s1. The summed E-state index contributed by atoms with van der Waals surface area (Å²) in [5.41, 5.74) is 5.91. The molecule has 4 rings (SSSR count). The molecule has 0 spiro atoms. The van der Waals surface area contributed by atoms with Crippen molar-refractivity contribution in [2.75, 3.05) is 13.5 Å². The van der Waals surface area contributed by atoms with Crippen LogP contribution in [0.15, 0.2) is 35.6 Å². The Morgan fingerprint density at radius 3 is 2.84 bits per heavy atom. The van der Waals surface area contributed by atoms with E-state index < -0.39 is 18.2 Å². The Balaban J connectivity index is 1.63. The van der Waals surface area contributed by atoms with E-state index in [0.717, 1.165) is 6.42 Å². The van der Waals surface area contributed by atoms with Gasteiger partial charge in [0.25, 0.3) is 6.02 Å². The van der Waals surface area contributed by atoms with Crippen molar-refractivity contribution in [3.8, 4) is 5.88 Å². The number of Topliss-reactive ketones (excluding diaryl/α,β-unsaturated/α-hetero) is 1. The van der Waals surface area contributed by atoms with E-state index in [1.165, 1.54) is 18.5 Å². The first-order chi connectivity index (χ1) is 15.4. The Labute approximate surface area is 183 Å². The lowest BCUT2D eigenvalue weighted by molar-refractivity contribution is 0.0539. The lowest BCUT2D eigenvalue weighted by Crippen LogP contribution is -2.49. The highest BCUT2D eigenvalue weighted by atomic mass is 19.1. The largest absolute Gasteiger partial charge is 0.459 e. The highest BCUT2D eigenvalue weighted by Crippen LogP contribution is 2.47. The molecule has 1 aromatic carbocycles. The first-order valence-electron chi connectivity index (χ1n) is 10.3. The number of alkyl halides is 1. The normalized spacial score (nSPS) is 26.8. The minimum absolute atomic E-state index is 0.0131. The van der Waals surface area contributed by atoms with Crippen LogP contribution in [-0.4, -0.2) is 47.4 Å². The van der Waals surface area contributed by atoms with Gasteiger partial charge in [-0.3, -0.25) is 4.79 Å². The number of carbonyl (C=O) groups is 1. The van der Waals surface area contributed by atoms with Crippen molar-refractivity contribution in [1.29, 1.82) is 0 Å². The minimum Gasteiger partial charge on any atom is -0.459 e. The zero-order valence-corrected chi connectivity index (χ0v) is 17.8. The number of hydrogen-bond donors (Lipinski definition) is 1. The third kappa shape index (κ3) is 4.02. The quantitative estimate of drug-likeness (QED) is 0.652. The maximum atomic E-state index is 15.0. The van der Waals surface area contributed by atoms with Gasteiger partial charge >= 0.3 is 0 Å². The van der Waals surface area contributed by atoms with Gasteiger partial charge in [0.1, 0.15) is 23.2 Å². The van der Waals surface area contributed by atoms with Crippen molar-refractivity contribution in [3.63, 3.8) is 0 Å². The number of rotatable bonds is 7. The molecule has 0 aliphatic carbocycles. The molecule has 2 aliphatic rings. The molecule has 0 amide bonds. The SMILES string of the molecule is CC[C@@H]1OC[C@H]2OC(N)=N[C@](C)(c3cc(CC(=O)c4cnc(OCF)cn4)ccc3F)[C@@H]12. The molecule has 1 saturated heterocycles. The van der Waals surface area contributed by atoms with Gasteiger partial charge in [-0.25, -0.2) is 23.7 Å². The molecule has 8 nitrogen and oxygen atoms in total. The highest BCUT2D eigenvalue weighted by Gasteiger charge is 2.54. The van der Waals surface area contributed by atoms with Crippen LogP contribution in [0.25, 0.3) is 0 Å². The summed E-state index contributed by atoms with van der Waals surface area (Å²) in [4.78, 5) is 25.0. The van der Waals surface area contributed by atoms with E-state index in [2.05, 4.69) is 19.7 Å². The van der Waals surface area contributed by atoms with E-state index in [1.807, 2.05) is 13.8 Å². The Bertz CT molecular complexity index is 1030. The molecule has 4 atom stereocenters. The number of benzene rings is 1. The van der Waals surface area contributed by atoms with Crippen molar-refractivity contribution in [2.45, 2.75) is 44.4 Å². The fourth-order valence-electron chi connectivity index (χ4n) is 4.53. The van der Waals surface area contributed by atoms with E-state index >= 15 is 4.39 Å². The van der Waals surface area contributed by atoms with E-state index in [0.29, 0.717) is 17.7 Å². The van der Waals surface area contributed by atoms with Crippen LogP contribution in [0.1, 0.15) is 41.9 Å². The predicted octanol–water partition coefficient (Wildman–Crippen LogP) is 2.70. The number of nitrogens with two attached hydrogens (primary N) is 1. The number of fused-ring (bicyclic) bond motifs is 1. The molecule has 3 heterocycles. The number of amidine groups is 1. The first kappa shape index (κ1) is 22.1. The van der Waals surface area contributed by atoms with E-state index in [-0.39, 0.29) is 47.9 Å². The van der Waals surface area contributed by atoms with Gasteiger partial charge in [-0.05, 0) is 31.0 Å². The molecule has 10 heteroatoms. The van der Waals surface area contributed by atoms with Crippen LogP contribution in [-0.2, 0) is 21.4 Å². The summed E-state index contributed by atoms with van der Waals surface area (Å²) in [7, 11) is 0. The van der Waals surface area contributed by atoms with Crippen molar-refractivity contribution in [2.24, 2.45) is 16.6 Å². The summed E-state index contributed by atoms with van der Waals surface area (Å²) < 4.78 is 43.4. The molecule has 2 aliphatic heterocycles. The number of aliphatic imine (C=N–C) groups is 1. The van der Waals surface area contributed by atoms with Gasteiger partial charge in [-0.1, -0.05) is 13.0 Å². The van der Waals surface area contributed by atoms with Gasteiger partial charge < -0.3 is 19.9 Å². The maximum Gasteiger partial charge on any atom is 0.283 e. The third-order valence-electron chi connectivity index (χ3n) is 6.00. The summed E-state index contributed by atoms with van der Waals surface area (Å²) in [6, 6.07) is 4.48. The number of hydrogen-bond acceptors (Lipinski definition) is 8. The van der Waals surface area contributed by atoms with E-state index in [4.69, 9.17) is 15.2 Å². The zero-order valence-electron chi connectivity index (χ0n) is 17.8.